The van der Waals surface area contributed by atoms with E-state index in [1.54, 1.807) is 24.2 Å². The molecule has 9 heteroatoms. The van der Waals surface area contributed by atoms with Gasteiger partial charge in [-0.05, 0) is 41.8 Å². The molecule has 170 valence electrons. The van der Waals surface area contributed by atoms with E-state index in [0.717, 1.165) is 39.0 Å². The molecule has 1 N–H and O–H groups in total. The Hall–Kier alpha value is -4.40. The van der Waals surface area contributed by atoms with Crippen molar-refractivity contribution in [3.05, 3.63) is 66.7 Å². The van der Waals surface area contributed by atoms with Gasteiger partial charge in [-0.2, -0.15) is 10.2 Å². The second kappa shape index (κ2) is 8.86. The maximum atomic E-state index is 5.18. The SMILES string of the molecule is COc1ccc(-c2nn(C)cc2-c2cnc3ccc(Nc4cc(C(C)C)cnn4)nc3c2)cn1. The number of methoxy groups -OCH3 is 1. The van der Waals surface area contributed by atoms with Gasteiger partial charge in [0.2, 0.25) is 5.88 Å². The van der Waals surface area contributed by atoms with E-state index < -0.39 is 0 Å². The molecule has 0 amide bonds. The van der Waals surface area contributed by atoms with Crippen LogP contribution in [-0.2, 0) is 7.05 Å². The van der Waals surface area contributed by atoms with E-state index >= 15 is 0 Å². The van der Waals surface area contributed by atoms with Crippen LogP contribution in [0.5, 0.6) is 5.88 Å². The fourth-order valence-electron chi connectivity index (χ4n) is 3.67. The third-order valence-corrected chi connectivity index (χ3v) is 5.49. The number of anilines is 2. The van der Waals surface area contributed by atoms with Gasteiger partial charge in [0.15, 0.2) is 5.82 Å². The second-order valence-corrected chi connectivity index (χ2v) is 8.27. The summed E-state index contributed by atoms with van der Waals surface area (Å²) in [7, 11) is 3.49. The maximum Gasteiger partial charge on any atom is 0.212 e. The largest absolute Gasteiger partial charge is 0.481 e. The number of rotatable bonds is 6. The van der Waals surface area contributed by atoms with E-state index in [4.69, 9.17) is 9.72 Å². The van der Waals surface area contributed by atoms with E-state index in [0.29, 0.717) is 23.4 Å². The molecule has 0 unspecified atom stereocenters. The Bertz CT molecular complexity index is 1460. The number of nitrogens with zero attached hydrogens (tertiary/aromatic N) is 7. The van der Waals surface area contributed by atoms with Crippen LogP contribution in [0.3, 0.4) is 0 Å². The normalized spacial score (nSPS) is 11.2. The first-order chi connectivity index (χ1) is 16.5. The number of aryl methyl sites for hydroxylation is 1. The van der Waals surface area contributed by atoms with Crippen LogP contribution in [0.4, 0.5) is 11.6 Å². The molecule has 0 aliphatic carbocycles. The van der Waals surface area contributed by atoms with Crippen molar-refractivity contribution in [1.29, 1.82) is 0 Å². The van der Waals surface area contributed by atoms with E-state index in [9.17, 15) is 0 Å². The van der Waals surface area contributed by atoms with Crippen molar-refractivity contribution in [2.24, 2.45) is 7.05 Å². The highest BCUT2D eigenvalue weighted by Gasteiger charge is 2.14. The lowest BCUT2D eigenvalue weighted by molar-refractivity contribution is 0.398. The molecule has 0 bridgehead atoms. The molecule has 0 fully saturated rings. The van der Waals surface area contributed by atoms with Crippen molar-refractivity contribution in [2.75, 3.05) is 12.4 Å². The van der Waals surface area contributed by atoms with Gasteiger partial charge in [-0.15, -0.1) is 5.10 Å². The molecule has 9 nitrogen and oxygen atoms in total. The second-order valence-electron chi connectivity index (χ2n) is 8.27. The zero-order valence-corrected chi connectivity index (χ0v) is 19.4. The van der Waals surface area contributed by atoms with Crippen LogP contribution < -0.4 is 10.1 Å². The number of pyridine rings is 3. The lowest BCUT2D eigenvalue weighted by atomic mass is 10.0. The lowest BCUT2D eigenvalue weighted by Gasteiger charge is -2.09. The molecule has 0 aromatic carbocycles. The van der Waals surface area contributed by atoms with Crippen LogP contribution in [0.1, 0.15) is 25.3 Å². The summed E-state index contributed by atoms with van der Waals surface area (Å²) in [6.07, 6.45) is 7.35. The summed E-state index contributed by atoms with van der Waals surface area (Å²) in [5, 5.41) is 16.2. The zero-order valence-electron chi connectivity index (χ0n) is 19.4. The van der Waals surface area contributed by atoms with Gasteiger partial charge in [0.1, 0.15) is 11.5 Å². The Kier molecular flexibility index (Phi) is 5.59. The molecule has 0 aliphatic rings. The number of ether oxygens (including phenoxy) is 1. The topological polar surface area (TPSA) is 104 Å². The monoisotopic (exact) mass is 452 g/mol. The average molecular weight is 453 g/mol. The van der Waals surface area contributed by atoms with Crippen molar-refractivity contribution in [2.45, 2.75) is 19.8 Å². The molecule has 0 saturated carbocycles. The molecule has 5 aromatic rings. The summed E-state index contributed by atoms with van der Waals surface area (Å²) in [5.41, 5.74) is 6.24. The van der Waals surface area contributed by atoms with Crippen molar-refractivity contribution >= 4 is 22.7 Å². The van der Waals surface area contributed by atoms with E-state index in [2.05, 4.69) is 44.4 Å². The Morgan fingerprint density at radius 1 is 0.912 bits per heavy atom. The summed E-state index contributed by atoms with van der Waals surface area (Å²) in [5.74, 6) is 2.25. The Morgan fingerprint density at radius 3 is 2.53 bits per heavy atom. The van der Waals surface area contributed by atoms with Crippen molar-refractivity contribution in [3.8, 4) is 28.3 Å². The van der Waals surface area contributed by atoms with E-state index in [-0.39, 0.29) is 0 Å². The summed E-state index contributed by atoms with van der Waals surface area (Å²) in [4.78, 5) is 13.7. The Morgan fingerprint density at radius 2 is 1.76 bits per heavy atom. The van der Waals surface area contributed by atoms with Crippen LogP contribution >= 0.6 is 0 Å². The van der Waals surface area contributed by atoms with Gasteiger partial charge in [-0.1, -0.05) is 13.8 Å². The van der Waals surface area contributed by atoms with Gasteiger partial charge in [0.05, 0.1) is 24.3 Å². The van der Waals surface area contributed by atoms with E-state index in [1.807, 2.05) is 55.8 Å². The van der Waals surface area contributed by atoms with Crippen molar-refractivity contribution < 1.29 is 4.74 Å². The highest BCUT2D eigenvalue weighted by molar-refractivity contribution is 5.86. The van der Waals surface area contributed by atoms with Gasteiger partial charge in [0, 0.05) is 48.4 Å². The van der Waals surface area contributed by atoms with Crippen LogP contribution in [0, 0.1) is 0 Å². The molecule has 5 heterocycles. The lowest BCUT2D eigenvalue weighted by Crippen LogP contribution is -2.00. The average Bonchev–Trinajstić information content (AvgIpc) is 3.25. The fourth-order valence-corrected chi connectivity index (χ4v) is 3.67. The molecule has 0 aliphatic heterocycles. The molecule has 0 radical (unpaired) electrons. The molecular formula is C25H24N8O. The first-order valence-electron chi connectivity index (χ1n) is 10.9. The number of nitrogens with one attached hydrogen (secondary N) is 1. The summed E-state index contributed by atoms with van der Waals surface area (Å²) in [6.45, 7) is 4.24. The quantitative estimate of drug-likeness (QED) is 0.393. The zero-order chi connectivity index (χ0) is 23.7. The minimum atomic E-state index is 0.363. The van der Waals surface area contributed by atoms with Gasteiger partial charge in [-0.25, -0.2) is 9.97 Å². The van der Waals surface area contributed by atoms with Crippen LogP contribution in [0.25, 0.3) is 33.4 Å². The summed E-state index contributed by atoms with van der Waals surface area (Å²) in [6, 6.07) is 11.6. The highest BCUT2D eigenvalue weighted by Crippen LogP contribution is 2.32. The van der Waals surface area contributed by atoms with Gasteiger partial charge < -0.3 is 10.1 Å². The van der Waals surface area contributed by atoms with Crippen LogP contribution in [0.15, 0.2) is 61.2 Å². The smallest absolute Gasteiger partial charge is 0.212 e. The fraction of sp³-hybridized carbons (Fsp3) is 0.200. The van der Waals surface area contributed by atoms with Crippen LogP contribution in [0.2, 0.25) is 0 Å². The van der Waals surface area contributed by atoms with Gasteiger partial charge in [0.25, 0.3) is 0 Å². The van der Waals surface area contributed by atoms with Gasteiger partial charge >= 0.3 is 0 Å². The molecule has 34 heavy (non-hydrogen) atoms. The van der Waals surface area contributed by atoms with Crippen molar-refractivity contribution in [3.63, 3.8) is 0 Å². The number of hydrogen-bond donors (Lipinski definition) is 1. The molecule has 0 atom stereocenters. The summed E-state index contributed by atoms with van der Waals surface area (Å²) < 4.78 is 6.96. The predicted octanol–water partition coefficient (Wildman–Crippen LogP) is 4.76. The minimum Gasteiger partial charge on any atom is -0.481 e. The van der Waals surface area contributed by atoms with E-state index in [1.165, 1.54) is 0 Å². The Labute approximate surface area is 196 Å². The first kappa shape index (κ1) is 21.4. The molecule has 0 saturated heterocycles. The number of hydrogen-bond acceptors (Lipinski definition) is 8. The Balaban J connectivity index is 1.50. The molecule has 0 spiro atoms. The molecular weight excluding hydrogens is 428 g/mol. The predicted molar refractivity (Wildman–Crippen MR) is 131 cm³/mol. The summed E-state index contributed by atoms with van der Waals surface area (Å²) >= 11 is 0. The molecule has 5 rings (SSSR count). The van der Waals surface area contributed by atoms with Crippen molar-refractivity contribution in [1.82, 2.24) is 34.9 Å². The minimum absolute atomic E-state index is 0.363. The molecule has 5 aromatic heterocycles. The maximum absolute atomic E-state index is 5.18. The number of fused-ring (bicyclic) bond motifs is 1. The third kappa shape index (κ3) is 4.27. The number of aromatic nitrogens is 7. The highest BCUT2D eigenvalue weighted by atomic mass is 16.5. The van der Waals surface area contributed by atoms with Gasteiger partial charge in [-0.3, -0.25) is 9.67 Å². The van der Waals surface area contributed by atoms with Crippen LogP contribution in [-0.4, -0.2) is 42.0 Å². The standard InChI is InChI=1S/C25H24N8O/c1-15(2)17-10-23(31-28-13-17)30-22-7-6-20-21(29-22)9-18(12-26-20)19-14-33(3)32-25(19)16-5-8-24(34-4)27-11-16/h5-15H,1-4H3,(H,29,30,31). The third-order valence-electron chi connectivity index (χ3n) is 5.49. The first-order valence-corrected chi connectivity index (χ1v) is 10.9.